The van der Waals surface area contributed by atoms with Gasteiger partial charge in [0.05, 0.1) is 12.1 Å². The molecule has 7 heteroatoms. The van der Waals surface area contributed by atoms with Crippen molar-refractivity contribution in [2.24, 2.45) is 0 Å². The lowest BCUT2D eigenvalue weighted by Crippen LogP contribution is -2.39. The fourth-order valence-corrected chi connectivity index (χ4v) is 3.23. The van der Waals surface area contributed by atoms with Gasteiger partial charge in [-0.05, 0) is 31.5 Å². The minimum absolute atomic E-state index is 0.0908. The third kappa shape index (κ3) is 3.94. The number of carbonyl (C=O) groups is 1. The van der Waals surface area contributed by atoms with E-state index < -0.39 is 0 Å². The Kier molecular flexibility index (Phi) is 5.48. The van der Waals surface area contributed by atoms with Gasteiger partial charge in [-0.3, -0.25) is 9.69 Å². The van der Waals surface area contributed by atoms with E-state index in [-0.39, 0.29) is 5.91 Å². The maximum Gasteiger partial charge on any atom is 0.234 e. The average Bonchev–Trinajstić information content (AvgIpc) is 2.79. The molecule has 0 saturated carbocycles. The Bertz CT molecular complexity index is 723. The Hall–Kier alpha value is -1.92. The average molecular weight is 348 g/mol. The maximum absolute atomic E-state index is 11.8. The lowest BCUT2D eigenvalue weighted by Gasteiger charge is -2.23. The molecule has 1 aromatic carbocycles. The maximum atomic E-state index is 11.8. The molecule has 1 aromatic heterocycles. The van der Waals surface area contributed by atoms with Crippen molar-refractivity contribution in [1.82, 2.24) is 20.2 Å². The zero-order chi connectivity index (χ0) is 16.9. The van der Waals surface area contributed by atoms with E-state index >= 15 is 0 Å². The lowest BCUT2D eigenvalue weighted by molar-refractivity contribution is -0.122. The standard InChI is InChI=1S/C17H22ClN5O/c1-2-19-16(24)11-22-6-3-7-23(9-8-22)17-14-5-4-13(18)10-15(14)20-12-21-17/h4-5,10,12H,2-3,6-9,11H2,1H3,(H,19,24). The highest BCUT2D eigenvalue weighted by molar-refractivity contribution is 6.31. The molecule has 128 valence electrons. The van der Waals surface area contributed by atoms with Gasteiger partial charge < -0.3 is 10.2 Å². The number of hydrogen-bond acceptors (Lipinski definition) is 5. The third-order valence-corrected chi connectivity index (χ3v) is 4.44. The summed E-state index contributed by atoms with van der Waals surface area (Å²) in [5.41, 5.74) is 0.857. The minimum Gasteiger partial charge on any atom is -0.355 e. The van der Waals surface area contributed by atoms with Crippen LogP contribution in [0.15, 0.2) is 24.5 Å². The van der Waals surface area contributed by atoms with Gasteiger partial charge >= 0.3 is 0 Å². The lowest BCUT2D eigenvalue weighted by atomic mass is 10.2. The van der Waals surface area contributed by atoms with Crippen molar-refractivity contribution in [1.29, 1.82) is 0 Å². The van der Waals surface area contributed by atoms with E-state index in [1.54, 1.807) is 6.33 Å². The Balaban J connectivity index is 1.73. The molecule has 1 fully saturated rings. The van der Waals surface area contributed by atoms with Crippen LogP contribution in [0.25, 0.3) is 10.9 Å². The van der Waals surface area contributed by atoms with E-state index in [1.165, 1.54) is 0 Å². The van der Waals surface area contributed by atoms with Gasteiger partial charge in [-0.2, -0.15) is 0 Å². The predicted octanol–water partition coefficient (Wildman–Crippen LogP) is 1.93. The summed E-state index contributed by atoms with van der Waals surface area (Å²) in [5.74, 6) is 1.03. The first kappa shape index (κ1) is 16.9. The number of benzene rings is 1. The number of nitrogens with one attached hydrogen (secondary N) is 1. The van der Waals surface area contributed by atoms with Gasteiger partial charge in [-0.15, -0.1) is 0 Å². The van der Waals surface area contributed by atoms with Crippen molar-refractivity contribution in [3.8, 4) is 0 Å². The quantitative estimate of drug-likeness (QED) is 0.915. The Labute approximate surface area is 146 Å². The molecule has 6 nitrogen and oxygen atoms in total. The predicted molar refractivity (Wildman–Crippen MR) is 96.5 cm³/mol. The molecule has 3 rings (SSSR count). The van der Waals surface area contributed by atoms with Crippen LogP contribution >= 0.6 is 11.6 Å². The molecule has 0 unspecified atom stereocenters. The molecule has 1 aliphatic rings. The second kappa shape index (κ2) is 7.77. The van der Waals surface area contributed by atoms with Crippen LogP contribution in [0.3, 0.4) is 0 Å². The summed E-state index contributed by atoms with van der Waals surface area (Å²) in [5, 5.41) is 4.55. The first-order valence-electron chi connectivity index (χ1n) is 8.31. The highest BCUT2D eigenvalue weighted by Crippen LogP contribution is 2.26. The van der Waals surface area contributed by atoms with Gasteiger partial charge in [0.15, 0.2) is 0 Å². The Morgan fingerprint density at radius 1 is 1.25 bits per heavy atom. The molecule has 0 spiro atoms. The van der Waals surface area contributed by atoms with Crippen LogP contribution in [-0.2, 0) is 4.79 Å². The number of likely N-dealkylation sites (N-methyl/N-ethyl adjacent to an activating group) is 1. The molecule has 0 radical (unpaired) electrons. The van der Waals surface area contributed by atoms with Gasteiger partial charge in [0.2, 0.25) is 5.91 Å². The first-order chi connectivity index (χ1) is 11.7. The fraction of sp³-hybridized carbons (Fsp3) is 0.471. The number of carbonyl (C=O) groups excluding carboxylic acids is 1. The highest BCUT2D eigenvalue weighted by atomic mass is 35.5. The van der Waals surface area contributed by atoms with E-state index in [2.05, 4.69) is 25.1 Å². The molecule has 1 saturated heterocycles. The van der Waals surface area contributed by atoms with Crippen LogP contribution in [0.1, 0.15) is 13.3 Å². The van der Waals surface area contributed by atoms with Crippen LogP contribution < -0.4 is 10.2 Å². The van der Waals surface area contributed by atoms with Crippen LogP contribution in [0.4, 0.5) is 5.82 Å². The van der Waals surface area contributed by atoms with E-state index in [0.717, 1.165) is 49.3 Å². The number of anilines is 1. The summed E-state index contributed by atoms with van der Waals surface area (Å²) in [6.45, 7) is 6.60. The van der Waals surface area contributed by atoms with Crippen molar-refractivity contribution in [2.75, 3.05) is 44.2 Å². The summed E-state index contributed by atoms with van der Waals surface area (Å²) < 4.78 is 0. The molecule has 1 amide bonds. The SMILES string of the molecule is CCNC(=O)CN1CCCN(c2ncnc3cc(Cl)ccc23)CC1. The molecule has 0 atom stereocenters. The molecule has 0 aliphatic carbocycles. The molecule has 0 bridgehead atoms. The monoisotopic (exact) mass is 347 g/mol. The molecular weight excluding hydrogens is 326 g/mol. The van der Waals surface area contributed by atoms with Gasteiger partial charge in [0.1, 0.15) is 12.1 Å². The van der Waals surface area contributed by atoms with E-state index in [4.69, 9.17) is 11.6 Å². The first-order valence-corrected chi connectivity index (χ1v) is 8.69. The number of nitrogens with zero attached hydrogens (tertiary/aromatic N) is 4. The van der Waals surface area contributed by atoms with Gasteiger partial charge in [0, 0.05) is 43.1 Å². The highest BCUT2D eigenvalue weighted by Gasteiger charge is 2.19. The van der Waals surface area contributed by atoms with Gasteiger partial charge in [0.25, 0.3) is 0 Å². The largest absolute Gasteiger partial charge is 0.355 e. The number of halogens is 1. The van der Waals surface area contributed by atoms with Crippen LogP contribution in [-0.4, -0.2) is 60.0 Å². The van der Waals surface area contributed by atoms with Crippen LogP contribution in [0.5, 0.6) is 0 Å². The normalized spacial score (nSPS) is 16.2. The van der Waals surface area contributed by atoms with Crippen molar-refractivity contribution < 1.29 is 4.79 Å². The van der Waals surface area contributed by atoms with Crippen molar-refractivity contribution in [3.05, 3.63) is 29.5 Å². The summed E-state index contributed by atoms with van der Waals surface area (Å²) in [7, 11) is 0. The van der Waals surface area contributed by atoms with Crippen molar-refractivity contribution >= 4 is 34.2 Å². The molecule has 1 N–H and O–H groups in total. The van der Waals surface area contributed by atoms with Crippen molar-refractivity contribution in [3.63, 3.8) is 0 Å². The van der Waals surface area contributed by atoms with E-state index in [0.29, 0.717) is 18.1 Å². The summed E-state index contributed by atoms with van der Waals surface area (Å²) in [6.07, 6.45) is 2.59. The van der Waals surface area contributed by atoms with E-state index in [9.17, 15) is 4.79 Å². The molecular formula is C17H22ClN5O. The van der Waals surface area contributed by atoms with Crippen LogP contribution in [0.2, 0.25) is 5.02 Å². The molecule has 24 heavy (non-hydrogen) atoms. The zero-order valence-corrected chi connectivity index (χ0v) is 14.6. The summed E-state index contributed by atoms with van der Waals surface area (Å²) >= 11 is 6.06. The van der Waals surface area contributed by atoms with Gasteiger partial charge in [-0.25, -0.2) is 9.97 Å². The van der Waals surface area contributed by atoms with E-state index in [1.807, 2.05) is 25.1 Å². The second-order valence-corrected chi connectivity index (χ2v) is 6.37. The topological polar surface area (TPSA) is 61.4 Å². The fourth-order valence-electron chi connectivity index (χ4n) is 3.06. The number of fused-ring (bicyclic) bond motifs is 1. The number of amides is 1. The van der Waals surface area contributed by atoms with Gasteiger partial charge in [-0.1, -0.05) is 11.6 Å². The molecule has 2 heterocycles. The Morgan fingerprint density at radius 2 is 2.12 bits per heavy atom. The van der Waals surface area contributed by atoms with Crippen LogP contribution in [0, 0.1) is 0 Å². The third-order valence-electron chi connectivity index (χ3n) is 4.21. The molecule has 1 aliphatic heterocycles. The molecule has 2 aromatic rings. The smallest absolute Gasteiger partial charge is 0.234 e. The number of aromatic nitrogens is 2. The summed E-state index contributed by atoms with van der Waals surface area (Å²) in [4.78, 5) is 25.1. The second-order valence-electron chi connectivity index (χ2n) is 5.93. The Morgan fingerprint density at radius 3 is 2.96 bits per heavy atom. The minimum atomic E-state index is 0.0908. The zero-order valence-electron chi connectivity index (χ0n) is 13.8. The van der Waals surface area contributed by atoms with Crippen molar-refractivity contribution in [2.45, 2.75) is 13.3 Å². The number of rotatable bonds is 4. The number of hydrogen-bond donors (Lipinski definition) is 1. The summed E-state index contributed by atoms with van der Waals surface area (Å²) in [6, 6.07) is 5.71.